The maximum absolute atomic E-state index is 14.2. The molecule has 2 aliphatic heterocycles. The first kappa shape index (κ1) is 39.1. The van der Waals surface area contributed by atoms with E-state index in [-0.39, 0.29) is 21.4 Å². The molecule has 2 aromatic carbocycles. The Bertz CT molecular complexity index is 2260. The predicted molar refractivity (Wildman–Crippen MR) is 232 cm³/mol. The van der Waals surface area contributed by atoms with Crippen LogP contribution in [0.25, 0.3) is 11.0 Å². The van der Waals surface area contributed by atoms with Gasteiger partial charge in [0.25, 0.3) is 11.6 Å². The largest absolute Gasteiger partial charge is 0.455 e. The van der Waals surface area contributed by atoms with Crippen LogP contribution in [0.15, 0.2) is 77.0 Å². The quantitative estimate of drug-likeness (QED) is 0.0397. The highest BCUT2D eigenvalue weighted by molar-refractivity contribution is 8.13. The molecule has 3 N–H and O–H groups in total. The number of pyridine rings is 1. The lowest BCUT2D eigenvalue weighted by atomic mass is 9.40. The van der Waals surface area contributed by atoms with Crippen LogP contribution in [-0.4, -0.2) is 88.4 Å². The Kier molecular flexibility index (Phi) is 11.0. The number of hydrogen-bond acceptors (Lipinski definition) is 9. The van der Waals surface area contributed by atoms with E-state index >= 15 is 0 Å². The number of benzene rings is 2. The molecule has 3 saturated carbocycles. The number of nitrogens with zero attached hydrogens (tertiary/aromatic N) is 4. The molecule has 0 radical (unpaired) electrons. The Morgan fingerprint density at radius 1 is 1.09 bits per heavy atom. The van der Waals surface area contributed by atoms with Crippen LogP contribution >= 0.6 is 22.3 Å². The van der Waals surface area contributed by atoms with Crippen LogP contribution in [0, 0.1) is 21.4 Å². The molecule has 2 bridgehead atoms. The maximum Gasteiger partial charge on any atom is 0.293 e. The molecule has 0 spiro atoms. The predicted octanol–water partition coefficient (Wildman–Crippen LogP) is 9.05. The summed E-state index contributed by atoms with van der Waals surface area (Å²) >= 11 is 6.70. The fourth-order valence-electron chi connectivity index (χ4n) is 9.85. The number of hydrogen-bond donors (Lipinski definition) is 3. The number of anilines is 2. The zero-order valence-electron chi connectivity index (χ0n) is 33.1. The maximum atomic E-state index is 14.2. The number of amides is 1. The molecule has 2 aromatic heterocycles. The summed E-state index contributed by atoms with van der Waals surface area (Å²) in [5.41, 5.74) is 6.38. The number of alkyl halides is 1. The van der Waals surface area contributed by atoms with Crippen molar-refractivity contribution in [3.05, 3.63) is 87.7 Å². The van der Waals surface area contributed by atoms with E-state index in [9.17, 15) is 14.9 Å². The summed E-state index contributed by atoms with van der Waals surface area (Å²) in [5.74, 6) is 0.996. The highest BCUT2D eigenvalue weighted by Crippen LogP contribution is 2.75. The minimum Gasteiger partial charge on any atom is -0.455 e. The Hall–Kier alpha value is -4.43. The third kappa shape index (κ3) is 7.98. The van der Waals surface area contributed by atoms with Crippen LogP contribution in [0.1, 0.15) is 75.1 Å². The van der Waals surface area contributed by atoms with Crippen LogP contribution in [0.2, 0.25) is 0 Å². The van der Waals surface area contributed by atoms with E-state index in [1.807, 2.05) is 54.9 Å². The van der Waals surface area contributed by atoms with Crippen molar-refractivity contribution < 1.29 is 19.2 Å². The molecule has 10 rings (SSSR count). The van der Waals surface area contributed by atoms with Crippen molar-refractivity contribution in [1.29, 1.82) is 0 Å². The van der Waals surface area contributed by atoms with Gasteiger partial charge in [-0.25, -0.2) is 4.98 Å². The van der Waals surface area contributed by atoms with Crippen molar-refractivity contribution in [2.45, 2.75) is 74.5 Å². The zero-order chi connectivity index (χ0) is 39.9. The van der Waals surface area contributed by atoms with Gasteiger partial charge in [0.1, 0.15) is 22.8 Å². The van der Waals surface area contributed by atoms with Gasteiger partial charge < -0.3 is 24.7 Å². The highest BCUT2D eigenvalue weighted by Gasteiger charge is 2.68. The van der Waals surface area contributed by atoms with E-state index in [0.717, 1.165) is 62.3 Å². The molecule has 1 amide bonds. The number of carbonyl (C=O) groups is 1. The van der Waals surface area contributed by atoms with E-state index in [1.165, 1.54) is 44.9 Å². The molecule has 12 nitrogen and oxygen atoms in total. The molecular formula is C44H52ClN7O5S. The van der Waals surface area contributed by atoms with Crippen molar-refractivity contribution in [3.8, 4) is 11.5 Å². The first-order valence-corrected chi connectivity index (χ1v) is 22.4. The van der Waals surface area contributed by atoms with Gasteiger partial charge in [0.05, 0.1) is 16.7 Å². The second-order valence-electron chi connectivity index (χ2n) is 16.8. The number of aromatic amines is 1. The topological polar surface area (TPSA) is 138 Å². The van der Waals surface area contributed by atoms with Crippen LogP contribution < -0.4 is 19.7 Å². The molecule has 1 atom stereocenters. The molecule has 306 valence electrons. The average Bonchev–Trinajstić information content (AvgIpc) is 3.69. The fourth-order valence-corrected chi connectivity index (χ4v) is 11.9. The standard InChI is InChI=1S/C44H52ClN7O5S/c1-2-58(35-8-10-38(39(23-35)52(54)55)47-24-30-12-19-56-20-13-30)49-42(53)36-9-7-33(22-40(36)57-34-21-31-11-14-46-41(31)48-25-34)51-17-15-50(16-18-51)26-32-5-3-4-6-37(32)43-27-44(45,28-43)29-43/h2,7-11,14,21-23,25,30,47H,3-6,12-13,15-20,24,26-29H2,1H3,(H,46,48)(H,49,53). The molecular weight excluding hydrogens is 774 g/mol. The average molecular weight is 826 g/mol. The van der Waals surface area contributed by atoms with E-state index in [1.54, 1.807) is 29.5 Å². The number of halogens is 1. The minimum atomic E-state index is -0.930. The van der Waals surface area contributed by atoms with Crippen LogP contribution in [0.5, 0.6) is 11.5 Å². The Morgan fingerprint density at radius 2 is 1.88 bits per heavy atom. The second kappa shape index (κ2) is 16.3. The number of carbonyl (C=O) groups excluding carboxylic acids is 1. The van der Waals surface area contributed by atoms with Crippen molar-refractivity contribution in [2.24, 2.45) is 11.3 Å². The minimum absolute atomic E-state index is 0.0194. The number of fused-ring (bicyclic) bond motifs is 1. The van der Waals surface area contributed by atoms with Gasteiger partial charge in [0.2, 0.25) is 0 Å². The van der Waals surface area contributed by atoms with Gasteiger partial charge in [-0.3, -0.25) is 24.5 Å². The second-order valence-corrected chi connectivity index (χ2v) is 19.4. The first-order valence-electron chi connectivity index (χ1n) is 20.7. The van der Waals surface area contributed by atoms with E-state index in [4.69, 9.17) is 21.1 Å². The first-order chi connectivity index (χ1) is 28.2. The van der Waals surface area contributed by atoms with Crippen molar-refractivity contribution >= 4 is 61.6 Å². The molecule has 6 aliphatic rings. The van der Waals surface area contributed by atoms with Gasteiger partial charge in [0.15, 0.2) is 0 Å². The van der Waals surface area contributed by atoms with Gasteiger partial charge in [-0.15, -0.1) is 11.6 Å². The molecule has 1 unspecified atom stereocenters. The number of nitro benzene ring substituents is 1. The summed E-state index contributed by atoms with van der Waals surface area (Å²) in [7, 11) is -0.930. The lowest BCUT2D eigenvalue weighted by molar-refractivity contribution is -0.384. The van der Waals surface area contributed by atoms with Gasteiger partial charge in [-0.2, -0.15) is 0 Å². The third-order valence-electron chi connectivity index (χ3n) is 12.9. The zero-order valence-corrected chi connectivity index (χ0v) is 34.6. The number of rotatable bonds is 13. The van der Waals surface area contributed by atoms with Gasteiger partial charge in [-0.1, -0.05) is 21.8 Å². The van der Waals surface area contributed by atoms with Crippen LogP contribution in [-0.2, 0) is 4.74 Å². The SMILES string of the molecule is CC=S(NC(=O)c1ccc(N2CCN(CC3=C(C45CC(Cl)(C4)C5)CCCC3)CC2)cc1Oc1cnc2[nH]ccc2c1)c1ccc(NCC2CCOCC2)c([N+](=O)[O-])c1. The highest BCUT2D eigenvalue weighted by atomic mass is 35.5. The Morgan fingerprint density at radius 3 is 2.64 bits per heavy atom. The lowest BCUT2D eigenvalue weighted by Gasteiger charge is -2.69. The number of H-pyrrole nitrogens is 1. The van der Waals surface area contributed by atoms with E-state index < -0.39 is 10.7 Å². The Balaban J connectivity index is 0.918. The van der Waals surface area contributed by atoms with Gasteiger partial charge in [0, 0.05) is 91.7 Å². The molecule has 14 heteroatoms. The summed E-state index contributed by atoms with van der Waals surface area (Å²) in [4.78, 5) is 39.4. The summed E-state index contributed by atoms with van der Waals surface area (Å²) in [6.07, 6.45) is 13.9. The monoisotopic (exact) mass is 825 g/mol. The molecule has 4 aliphatic carbocycles. The molecule has 4 heterocycles. The summed E-state index contributed by atoms with van der Waals surface area (Å²) in [6, 6.07) is 14.8. The number of ether oxygens (including phenoxy) is 2. The van der Waals surface area contributed by atoms with Crippen molar-refractivity contribution in [2.75, 3.05) is 62.7 Å². The number of nitrogens with one attached hydrogen (secondary N) is 3. The number of nitro groups is 1. The smallest absolute Gasteiger partial charge is 0.293 e. The van der Waals surface area contributed by atoms with Gasteiger partial charge in [-0.05, 0) is 118 Å². The molecule has 2 saturated heterocycles. The van der Waals surface area contributed by atoms with E-state index in [2.05, 4.69) is 29.8 Å². The molecule has 58 heavy (non-hydrogen) atoms. The van der Waals surface area contributed by atoms with Crippen LogP contribution in [0.3, 0.4) is 0 Å². The van der Waals surface area contributed by atoms with Gasteiger partial charge >= 0.3 is 0 Å². The van der Waals surface area contributed by atoms with Crippen molar-refractivity contribution in [3.63, 3.8) is 0 Å². The number of allylic oxidation sites excluding steroid dienone is 1. The summed E-state index contributed by atoms with van der Waals surface area (Å²) in [6.45, 7) is 8.62. The van der Waals surface area contributed by atoms with Crippen LogP contribution in [0.4, 0.5) is 17.1 Å². The Labute approximate surface area is 346 Å². The molecule has 5 fully saturated rings. The van der Waals surface area contributed by atoms with Crippen molar-refractivity contribution in [1.82, 2.24) is 19.6 Å². The fraction of sp³-hybridized carbons (Fsp3) is 0.477. The number of aromatic nitrogens is 2. The normalized spacial score (nSPS) is 24.3. The number of piperazine rings is 1. The molecule has 4 aromatic rings. The lowest BCUT2D eigenvalue weighted by Crippen LogP contribution is -2.64. The summed E-state index contributed by atoms with van der Waals surface area (Å²) in [5, 5.41) is 18.3. The third-order valence-corrected chi connectivity index (χ3v) is 15.0. The summed E-state index contributed by atoms with van der Waals surface area (Å²) < 4.78 is 15.1. The van der Waals surface area contributed by atoms with E-state index in [0.29, 0.717) is 58.7 Å².